The van der Waals surface area contributed by atoms with Crippen molar-refractivity contribution in [2.45, 2.75) is 32.2 Å². The second-order valence-corrected chi connectivity index (χ2v) is 7.47. The van der Waals surface area contributed by atoms with Gasteiger partial charge in [0.15, 0.2) is 0 Å². The first kappa shape index (κ1) is 18.5. The number of ether oxygens (including phenoxy) is 1. The Morgan fingerprint density at radius 3 is 2.46 bits per heavy atom. The van der Waals surface area contributed by atoms with Crippen LogP contribution < -0.4 is 10.1 Å². The van der Waals surface area contributed by atoms with E-state index in [1.807, 2.05) is 48.5 Å². The third-order valence-electron chi connectivity index (χ3n) is 5.19. The Balaban J connectivity index is 1.75. The van der Waals surface area contributed by atoms with Gasteiger partial charge in [-0.3, -0.25) is 9.69 Å². The van der Waals surface area contributed by atoms with Crippen LogP contribution in [0.25, 0.3) is 11.1 Å². The van der Waals surface area contributed by atoms with Crippen LogP contribution in [-0.2, 0) is 0 Å². The van der Waals surface area contributed by atoms with E-state index >= 15 is 0 Å². The van der Waals surface area contributed by atoms with Crippen LogP contribution in [0.4, 0.5) is 0 Å². The molecule has 2 aromatic rings. The van der Waals surface area contributed by atoms with E-state index in [0.717, 1.165) is 30.0 Å². The third kappa shape index (κ3) is 4.07. The maximum atomic E-state index is 12.7. The number of nitrogens with one attached hydrogen (secondary N) is 1. The van der Waals surface area contributed by atoms with Crippen LogP contribution in [-0.4, -0.2) is 43.1 Å². The summed E-state index contributed by atoms with van der Waals surface area (Å²) in [6.45, 7) is 7.26. The standard InChI is InChI=1S/C22H28N2O2/c1-22(2,24-13-7-8-14-24)16-23-21(25)18-11-12-20(26-3)19(15-18)17-9-5-4-6-10-17/h4-6,9-12,15H,7-8,13-14,16H2,1-3H3,(H,23,25). The highest BCUT2D eigenvalue weighted by Crippen LogP contribution is 2.30. The van der Waals surface area contributed by atoms with Gasteiger partial charge in [0.25, 0.3) is 5.91 Å². The van der Waals surface area contributed by atoms with Crippen LogP contribution in [0, 0.1) is 0 Å². The van der Waals surface area contributed by atoms with Crippen molar-refractivity contribution in [3.63, 3.8) is 0 Å². The number of likely N-dealkylation sites (tertiary alicyclic amines) is 1. The zero-order valence-corrected chi connectivity index (χ0v) is 15.9. The van der Waals surface area contributed by atoms with Gasteiger partial charge in [-0.15, -0.1) is 0 Å². The summed E-state index contributed by atoms with van der Waals surface area (Å²) >= 11 is 0. The first-order valence-electron chi connectivity index (χ1n) is 9.28. The van der Waals surface area contributed by atoms with E-state index in [2.05, 4.69) is 24.1 Å². The molecule has 1 heterocycles. The Kier molecular flexibility index (Phi) is 5.62. The van der Waals surface area contributed by atoms with E-state index in [9.17, 15) is 4.79 Å². The fraction of sp³-hybridized carbons (Fsp3) is 0.409. The van der Waals surface area contributed by atoms with Crippen LogP contribution in [0.15, 0.2) is 48.5 Å². The Morgan fingerprint density at radius 2 is 1.81 bits per heavy atom. The van der Waals surface area contributed by atoms with Crippen LogP contribution in [0.5, 0.6) is 5.75 Å². The van der Waals surface area contributed by atoms with Crippen molar-refractivity contribution in [3.05, 3.63) is 54.1 Å². The summed E-state index contributed by atoms with van der Waals surface area (Å²) in [7, 11) is 1.65. The van der Waals surface area contributed by atoms with Crippen molar-refractivity contribution in [1.82, 2.24) is 10.2 Å². The summed E-state index contributed by atoms with van der Waals surface area (Å²) in [5.74, 6) is 0.724. The topological polar surface area (TPSA) is 41.6 Å². The van der Waals surface area contributed by atoms with Crippen LogP contribution >= 0.6 is 0 Å². The van der Waals surface area contributed by atoms with Gasteiger partial charge in [-0.05, 0) is 63.5 Å². The first-order valence-corrected chi connectivity index (χ1v) is 9.28. The molecule has 1 aliphatic heterocycles. The van der Waals surface area contributed by atoms with Gasteiger partial charge < -0.3 is 10.1 Å². The minimum atomic E-state index is -0.0443. The Hall–Kier alpha value is -2.33. The van der Waals surface area contributed by atoms with Gasteiger partial charge in [-0.2, -0.15) is 0 Å². The molecule has 3 rings (SSSR count). The summed E-state index contributed by atoms with van der Waals surface area (Å²) in [6.07, 6.45) is 2.49. The van der Waals surface area contributed by atoms with Gasteiger partial charge in [-0.25, -0.2) is 0 Å². The molecule has 4 nitrogen and oxygen atoms in total. The maximum absolute atomic E-state index is 12.7. The highest BCUT2D eigenvalue weighted by atomic mass is 16.5. The van der Waals surface area contributed by atoms with E-state index in [1.165, 1.54) is 12.8 Å². The van der Waals surface area contributed by atoms with Gasteiger partial charge in [-0.1, -0.05) is 30.3 Å². The van der Waals surface area contributed by atoms with E-state index in [-0.39, 0.29) is 11.4 Å². The number of nitrogens with zero attached hydrogens (tertiary/aromatic N) is 1. The first-order chi connectivity index (χ1) is 12.5. The molecular weight excluding hydrogens is 324 g/mol. The van der Waals surface area contributed by atoms with E-state index in [0.29, 0.717) is 12.1 Å². The number of carbonyl (C=O) groups is 1. The average Bonchev–Trinajstić information content (AvgIpc) is 3.22. The van der Waals surface area contributed by atoms with Crippen molar-refractivity contribution in [2.75, 3.05) is 26.7 Å². The van der Waals surface area contributed by atoms with Gasteiger partial charge in [0, 0.05) is 23.2 Å². The van der Waals surface area contributed by atoms with Crippen LogP contribution in [0.3, 0.4) is 0 Å². The quantitative estimate of drug-likeness (QED) is 0.855. The highest BCUT2D eigenvalue weighted by molar-refractivity contribution is 5.96. The summed E-state index contributed by atoms with van der Waals surface area (Å²) in [4.78, 5) is 15.2. The number of rotatable bonds is 6. The molecule has 1 saturated heterocycles. The zero-order chi connectivity index (χ0) is 18.6. The van der Waals surface area contributed by atoms with Gasteiger partial charge in [0.2, 0.25) is 0 Å². The minimum Gasteiger partial charge on any atom is -0.496 e. The fourth-order valence-electron chi connectivity index (χ4n) is 3.53. The highest BCUT2D eigenvalue weighted by Gasteiger charge is 2.29. The molecule has 4 heteroatoms. The SMILES string of the molecule is COc1ccc(C(=O)NCC(C)(C)N2CCCC2)cc1-c1ccccc1. The second-order valence-electron chi connectivity index (χ2n) is 7.47. The molecule has 0 spiro atoms. The molecule has 26 heavy (non-hydrogen) atoms. The largest absolute Gasteiger partial charge is 0.496 e. The molecule has 0 aromatic heterocycles. The van der Waals surface area contributed by atoms with Gasteiger partial charge in [0.1, 0.15) is 5.75 Å². The van der Waals surface area contributed by atoms with E-state index in [1.54, 1.807) is 7.11 Å². The summed E-state index contributed by atoms with van der Waals surface area (Å²) in [6, 6.07) is 15.6. The Morgan fingerprint density at radius 1 is 1.12 bits per heavy atom. The number of benzene rings is 2. The molecule has 1 N–H and O–H groups in total. The number of hydrogen-bond donors (Lipinski definition) is 1. The lowest BCUT2D eigenvalue weighted by atomic mass is 10.0. The predicted molar refractivity (Wildman–Crippen MR) is 106 cm³/mol. The molecule has 1 amide bonds. The van der Waals surface area contributed by atoms with Crippen molar-refractivity contribution >= 4 is 5.91 Å². The summed E-state index contributed by atoms with van der Waals surface area (Å²) in [5, 5.41) is 3.11. The summed E-state index contributed by atoms with van der Waals surface area (Å²) < 4.78 is 5.48. The van der Waals surface area contributed by atoms with Crippen molar-refractivity contribution in [1.29, 1.82) is 0 Å². The molecule has 1 fully saturated rings. The zero-order valence-electron chi connectivity index (χ0n) is 15.9. The molecule has 2 aromatic carbocycles. The van der Waals surface area contributed by atoms with Gasteiger partial charge in [0.05, 0.1) is 7.11 Å². The van der Waals surface area contributed by atoms with Crippen LogP contribution in [0.1, 0.15) is 37.0 Å². The fourth-order valence-corrected chi connectivity index (χ4v) is 3.53. The van der Waals surface area contributed by atoms with Crippen molar-refractivity contribution < 1.29 is 9.53 Å². The lowest BCUT2D eigenvalue weighted by molar-refractivity contribution is 0.0902. The molecule has 138 valence electrons. The Labute approximate surface area is 156 Å². The number of amides is 1. The molecular formula is C22H28N2O2. The van der Waals surface area contributed by atoms with E-state index < -0.39 is 0 Å². The molecule has 0 radical (unpaired) electrons. The van der Waals surface area contributed by atoms with Crippen molar-refractivity contribution in [2.24, 2.45) is 0 Å². The number of hydrogen-bond acceptors (Lipinski definition) is 3. The molecule has 0 atom stereocenters. The second kappa shape index (κ2) is 7.92. The number of methoxy groups -OCH3 is 1. The number of carbonyl (C=O) groups excluding carboxylic acids is 1. The molecule has 0 saturated carbocycles. The maximum Gasteiger partial charge on any atom is 0.251 e. The summed E-state index contributed by atoms with van der Waals surface area (Å²) in [5.41, 5.74) is 2.60. The predicted octanol–water partition coefficient (Wildman–Crippen LogP) is 3.97. The molecule has 0 aliphatic carbocycles. The molecule has 0 bridgehead atoms. The lowest BCUT2D eigenvalue weighted by Crippen LogP contribution is -2.50. The third-order valence-corrected chi connectivity index (χ3v) is 5.19. The lowest BCUT2D eigenvalue weighted by Gasteiger charge is -2.35. The average molecular weight is 352 g/mol. The monoisotopic (exact) mass is 352 g/mol. The normalized spacial score (nSPS) is 15.0. The van der Waals surface area contributed by atoms with Crippen molar-refractivity contribution in [3.8, 4) is 16.9 Å². The molecule has 1 aliphatic rings. The van der Waals surface area contributed by atoms with Crippen LogP contribution in [0.2, 0.25) is 0 Å². The van der Waals surface area contributed by atoms with E-state index in [4.69, 9.17) is 4.74 Å². The van der Waals surface area contributed by atoms with Gasteiger partial charge >= 0.3 is 0 Å². The minimum absolute atomic E-state index is 0.0269. The smallest absolute Gasteiger partial charge is 0.251 e. The molecule has 0 unspecified atom stereocenters. The Bertz CT molecular complexity index is 750.